The Morgan fingerprint density at radius 2 is 1.78 bits per heavy atom. The van der Waals surface area contributed by atoms with E-state index in [1.165, 1.54) is 0 Å². The Hall–Kier alpha value is -2.90. The molecule has 0 saturated carbocycles. The summed E-state index contributed by atoms with van der Waals surface area (Å²) in [7, 11) is 0. The molecule has 1 saturated heterocycles. The molecule has 0 aliphatic carbocycles. The largest absolute Gasteiger partial charge is 0.339 e. The number of carbonyl (C=O) groups excluding carboxylic acids is 1. The molecule has 5 nitrogen and oxygen atoms in total. The smallest absolute Gasteiger partial charge is 0.254 e. The molecule has 2 aromatic heterocycles. The van der Waals surface area contributed by atoms with Gasteiger partial charge in [-0.3, -0.25) is 9.36 Å². The molecule has 0 atom stereocenters. The van der Waals surface area contributed by atoms with Crippen molar-refractivity contribution in [2.24, 2.45) is 0 Å². The number of benzene rings is 2. The van der Waals surface area contributed by atoms with Crippen LogP contribution in [0.5, 0.6) is 0 Å². The Morgan fingerprint density at radius 1 is 1.00 bits per heavy atom. The minimum atomic E-state index is 0.137. The Morgan fingerprint density at radius 3 is 2.56 bits per heavy atom. The molecule has 7 heteroatoms. The third-order valence-electron chi connectivity index (χ3n) is 5.73. The van der Waals surface area contributed by atoms with E-state index in [9.17, 15) is 4.79 Å². The molecule has 4 aromatic rings. The van der Waals surface area contributed by atoms with Gasteiger partial charge in [0.1, 0.15) is 0 Å². The van der Waals surface area contributed by atoms with Gasteiger partial charge >= 0.3 is 0 Å². The lowest BCUT2D eigenvalue weighted by atomic mass is 10.1. The quantitative estimate of drug-likeness (QED) is 0.340. The van der Waals surface area contributed by atoms with Gasteiger partial charge in [-0.05, 0) is 54.5 Å². The molecule has 1 fully saturated rings. The zero-order valence-corrected chi connectivity index (χ0v) is 19.5. The van der Waals surface area contributed by atoms with Crippen LogP contribution in [0.4, 0.5) is 0 Å². The molecule has 0 radical (unpaired) electrons. The minimum absolute atomic E-state index is 0.137. The molecule has 1 amide bonds. The maximum Gasteiger partial charge on any atom is 0.254 e. The fourth-order valence-electron chi connectivity index (χ4n) is 4.05. The van der Waals surface area contributed by atoms with E-state index in [4.69, 9.17) is 0 Å². The van der Waals surface area contributed by atoms with Crippen molar-refractivity contribution in [2.75, 3.05) is 13.1 Å². The first-order valence-electron chi connectivity index (χ1n) is 10.8. The number of aryl methyl sites for hydroxylation is 1. The van der Waals surface area contributed by atoms with Crippen molar-refractivity contribution in [3.8, 4) is 16.4 Å². The lowest BCUT2D eigenvalue weighted by Crippen LogP contribution is -2.28. The van der Waals surface area contributed by atoms with Crippen molar-refractivity contribution in [1.82, 2.24) is 19.7 Å². The van der Waals surface area contributed by atoms with Gasteiger partial charge in [0.2, 0.25) is 0 Å². The summed E-state index contributed by atoms with van der Waals surface area (Å²) in [5, 5.41) is 12.0. The Labute approximate surface area is 196 Å². The number of amides is 1. The second-order valence-electron chi connectivity index (χ2n) is 7.85. The van der Waals surface area contributed by atoms with Gasteiger partial charge in [0.25, 0.3) is 5.91 Å². The summed E-state index contributed by atoms with van der Waals surface area (Å²) in [6.45, 7) is 3.81. The lowest BCUT2D eigenvalue weighted by molar-refractivity contribution is 0.0792. The monoisotopic (exact) mass is 460 g/mol. The van der Waals surface area contributed by atoms with Crippen LogP contribution < -0.4 is 0 Å². The number of nitrogens with zero attached hydrogens (tertiary/aromatic N) is 4. The highest BCUT2D eigenvalue weighted by molar-refractivity contribution is 7.98. The van der Waals surface area contributed by atoms with Crippen LogP contribution in [0, 0.1) is 6.92 Å². The highest BCUT2D eigenvalue weighted by Crippen LogP contribution is 2.33. The summed E-state index contributed by atoms with van der Waals surface area (Å²) in [6.07, 6.45) is 2.18. The van der Waals surface area contributed by atoms with Gasteiger partial charge in [-0.1, -0.05) is 54.2 Å². The molecule has 0 bridgehead atoms. The predicted octanol–water partition coefficient (Wildman–Crippen LogP) is 5.83. The van der Waals surface area contributed by atoms with Crippen molar-refractivity contribution in [2.45, 2.75) is 30.7 Å². The molecule has 2 aromatic carbocycles. The lowest BCUT2D eigenvalue weighted by Gasteiger charge is -2.17. The standard InChI is InChI=1S/C25H24N4OS2/c1-18-9-2-5-12-21(18)29-23(22-13-8-16-31-22)26-27-25(29)32-17-19-10-3-4-11-20(19)24(30)28-14-6-7-15-28/h2-5,8-13,16H,6-7,14-15,17H2,1H3. The Kier molecular flexibility index (Phi) is 6.10. The van der Waals surface area contributed by atoms with Crippen molar-refractivity contribution >= 4 is 29.0 Å². The summed E-state index contributed by atoms with van der Waals surface area (Å²) in [4.78, 5) is 16.1. The van der Waals surface area contributed by atoms with Crippen LogP contribution in [-0.2, 0) is 5.75 Å². The molecule has 32 heavy (non-hydrogen) atoms. The van der Waals surface area contributed by atoms with Crippen LogP contribution in [0.2, 0.25) is 0 Å². The van der Waals surface area contributed by atoms with Crippen LogP contribution >= 0.6 is 23.1 Å². The van der Waals surface area contributed by atoms with E-state index in [0.29, 0.717) is 5.75 Å². The normalized spacial score (nSPS) is 13.6. The first kappa shape index (κ1) is 21.0. The average molecular weight is 461 g/mol. The van der Waals surface area contributed by atoms with Crippen LogP contribution in [-0.4, -0.2) is 38.7 Å². The van der Waals surface area contributed by atoms with E-state index in [1.54, 1.807) is 23.1 Å². The van der Waals surface area contributed by atoms with Crippen LogP contribution in [0.15, 0.2) is 71.2 Å². The minimum Gasteiger partial charge on any atom is -0.339 e. The zero-order valence-electron chi connectivity index (χ0n) is 17.9. The van der Waals surface area contributed by atoms with E-state index >= 15 is 0 Å². The second-order valence-corrected chi connectivity index (χ2v) is 9.74. The van der Waals surface area contributed by atoms with E-state index in [-0.39, 0.29) is 5.91 Å². The van der Waals surface area contributed by atoms with Crippen LogP contribution in [0.1, 0.15) is 34.3 Å². The second kappa shape index (κ2) is 9.30. The van der Waals surface area contributed by atoms with E-state index in [2.05, 4.69) is 45.3 Å². The van der Waals surface area contributed by atoms with Crippen molar-refractivity contribution in [1.29, 1.82) is 0 Å². The molecule has 1 aliphatic heterocycles. The maximum absolute atomic E-state index is 13.1. The Bertz CT molecular complexity index is 1230. The summed E-state index contributed by atoms with van der Waals surface area (Å²) in [5.41, 5.74) is 4.06. The number of thiophene rings is 1. The maximum atomic E-state index is 13.1. The number of thioether (sulfide) groups is 1. The third-order valence-corrected chi connectivity index (χ3v) is 7.57. The first-order valence-corrected chi connectivity index (χ1v) is 12.6. The van der Waals surface area contributed by atoms with Crippen molar-refractivity contribution in [3.63, 3.8) is 0 Å². The van der Waals surface area contributed by atoms with Crippen LogP contribution in [0.3, 0.4) is 0 Å². The van der Waals surface area contributed by atoms with Gasteiger partial charge in [0.15, 0.2) is 11.0 Å². The number of likely N-dealkylation sites (tertiary alicyclic amines) is 1. The molecular weight excluding hydrogens is 436 g/mol. The van der Waals surface area contributed by atoms with Crippen molar-refractivity contribution < 1.29 is 4.79 Å². The molecule has 5 rings (SSSR count). The number of para-hydroxylation sites is 1. The number of rotatable bonds is 6. The zero-order chi connectivity index (χ0) is 21.9. The molecule has 0 spiro atoms. The van der Waals surface area contributed by atoms with Gasteiger partial charge in [-0.15, -0.1) is 21.5 Å². The first-order chi connectivity index (χ1) is 15.7. The topological polar surface area (TPSA) is 51.0 Å². The van der Waals surface area contributed by atoms with Gasteiger partial charge in [0.05, 0.1) is 10.6 Å². The number of hydrogen-bond acceptors (Lipinski definition) is 5. The molecule has 1 aliphatic rings. The highest BCUT2D eigenvalue weighted by Gasteiger charge is 2.23. The highest BCUT2D eigenvalue weighted by atomic mass is 32.2. The molecule has 0 N–H and O–H groups in total. The number of hydrogen-bond donors (Lipinski definition) is 0. The summed E-state index contributed by atoms with van der Waals surface area (Å²) in [5.74, 6) is 1.64. The molecule has 3 heterocycles. The van der Waals surface area contributed by atoms with Gasteiger partial charge in [-0.25, -0.2) is 0 Å². The van der Waals surface area contributed by atoms with E-state index < -0.39 is 0 Å². The SMILES string of the molecule is Cc1ccccc1-n1c(SCc2ccccc2C(=O)N2CCCC2)nnc1-c1cccs1. The average Bonchev–Trinajstić information content (AvgIpc) is 3.59. The molecule has 0 unspecified atom stereocenters. The van der Waals surface area contributed by atoms with Gasteiger partial charge in [0, 0.05) is 24.4 Å². The number of carbonyl (C=O) groups is 1. The molecular formula is C25H24N4OS2. The number of aromatic nitrogens is 3. The van der Waals surface area contributed by atoms with Crippen molar-refractivity contribution in [3.05, 3.63) is 82.7 Å². The van der Waals surface area contributed by atoms with E-state index in [0.717, 1.165) is 64.2 Å². The summed E-state index contributed by atoms with van der Waals surface area (Å²) >= 11 is 3.28. The fraction of sp³-hybridized carbons (Fsp3) is 0.240. The van der Waals surface area contributed by atoms with Gasteiger partial charge in [-0.2, -0.15) is 0 Å². The summed E-state index contributed by atoms with van der Waals surface area (Å²) in [6, 6.07) is 20.3. The third kappa shape index (κ3) is 4.10. The van der Waals surface area contributed by atoms with Gasteiger partial charge < -0.3 is 4.90 Å². The predicted molar refractivity (Wildman–Crippen MR) is 131 cm³/mol. The fourth-order valence-corrected chi connectivity index (χ4v) is 5.70. The summed E-state index contributed by atoms with van der Waals surface area (Å²) < 4.78 is 2.14. The molecule has 162 valence electrons. The van der Waals surface area contributed by atoms with Crippen LogP contribution in [0.25, 0.3) is 16.4 Å². The Balaban J connectivity index is 1.48. The van der Waals surface area contributed by atoms with E-state index in [1.807, 2.05) is 47.4 Å².